The lowest BCUT2D eigenvalue weighted by Crippen LogP contribution is -2.25. The average molecular weight is 308 g/mol. The van der Waals surface area contributed by atoms with Crippen LogP contribution in [0.2, 0.25) is 0 Å². The van der Waals surface area contributed by atoms with E-state index in [2.05, 4.69) is 41.0 Å². The minimum absolute atomic E-state index is 0.401. The predicted molar refractivity (Wildman–Crippen MR) is 75.4 cm³/mol. The molecule has 118 valence electrons. The van der Waals surface area contributed by atoms with Gasteiger partial charge in [0.05, 0.1) is 12.4 Å². The van der Waals surface area contributed by atoms with Crippen LogP contribution in [0.3, 0.4) is 0 Å². The highest BCUT2D eigenvalue weighted by atomic mass is 16.7. The summed E-state index contributed by atoms with van der Waals surface area (Å²) in [6.45, 7) is 3.82. The average Bonchev–Trinajstić information content (AvgIpc) is 3.17. The van der Waals surface area contributed by atoms with Crippen molar-refractivity contribution in [1.29, 1.82) is 0 Å². The SMILES string of the molecule is CCc1cn[nH]c1NOC(=O)C(=O)ONc1[nH]ncc1CC. The van der Waals surface area contributed by atoms with Gasteiger partial charge in [-0.25, -0.2) is 9.59 Å². The normalized spacial score (nSPS) is 10.1. The zero-order valence-corrected chi connectivity index (χ0v) is 12.1. The van der Waals surface area contributed by atoms with Gasteiger partial charge in [-0.3, -0.25) is 10.2 Å². The number of H-pyrrole nitrogens is 2. The lowest BCUT2D eigenvalue weighted by atomic mass is 10.3. The number of aryl methyl sites for hydroxylation is 2. The molecule has 0 bridgehead atoms. The van der Waals surface area contributed by atoms with Gasteiger partial charge in [-0.15, -0.1) is 0 Å². The standard InChI is InChI=1S/C12H16N6O4/c1-3-7-5-13-15-9(7)17-21-11(19)12(20)22-18-10-8(4-2)6-14-16-10/h5-6H,3-4H2,1-2H3,(H2,13,15,17)(H2,14,16,18). The van der Waals surface area contributed by atoms with E-state index in [0.29, 0.717) is 24.5 Å². The molecule has 2 aromatic rings. The minimum Gasteiger partial charge on any atom is -0.331 e. The summed E-state index contributed by atoms with van der Waals surface area (Å²) >= 11 is 0. The molecule has 0 aliphatic rings. The summed E-state index contributed by atoms with van der Waals surface area (Å²) in [7, 11) is 0. The smallest absolute Gasteiger partial charge is 0.331 e. The molecule has 0 saturated carbocycles. The Bertz CT molecular complexity index is 593. The number of carbonyl (C=O) groups is 2. The van der Waals surface area contributed by atoms with Crippen LogP contribution < -0.4 is 11.0 Å². The van der Waals surface area contributed by atoms with Crippen LogP contribution in [0.4, 0.5) is 11.6 Å². The molecular formula is C12H16N6O4. The van der Waals surface area contributed by atoms with E-state index in [1.807, 2.05) is 13.8 Å². The van der Waals surface area contributed by atoms with Gasteiger partial charge in [-0.05, 0) is 12.8 Å². The minimum atomic E-state index is -1.21. The number of anilines is 2. The van der Waals surface area contributed by atoms with Crippen LogP contribution in [0.15, 0.2) is 12.4 Å². The van der Waals surface area contributed by atoms with Crippen molar-refractivity contribution in [2.75, 3.05) is 11.0 Å². The molecule has 0 unspecified atom stereocenters. The highest BCUT2D eigenvalue weighted by Crippen LogP contribution is 2.12. The molecule has 0 atom stereocenters. The predicted octanol–water partition coefficient (Wildman–Crippen LogP) is 0.698. The summed E-state index contributed by atoms with van der Waals surface area (Å²) in [5, 5.41) is 12.8. The second-order valence-corrected chi connectivity index (χ2v) is 4.23. The number of hydrogen-bond donors (Lipinski definition) is 4. The summed E-state index contributed by atoms with van der Waals surface area (Å²) < 4.78 is 0. The van der Waals surface area contributed by atoms with Crippen molar-refractivity contribution in [2.45, 2.75) is 26.7 Å². The van der Waals surface area contributed by atoms with Crippen LogP contribution in [0.5, 0.6) is 0 Å². The molecule has 2 heterocycles. The number of rotatable bonds is 6. The molecule has 0 aliphatic carbocycles. The molecule has 10 heteroatoms. The number of aromatic nitrogens is 4. The summed E-state index contributed by atoms with van der Waals surface area (Å²) in [6.07, 6.45) is 4.53. The van der Waals surface area contributed by atoms with Gasteiger partial charge < -0.3 is 9.68 Å². The molecule has 2 aromatic heterocycles. The molecule has 0 saturated heterocycles. The lowest BCUT2D eigenvalue weighted by Gasteiger charge is -2.07. The maximum Gasteiger partial charge on any atom is 0.443 e. The summed E-state index contributed by atoms with van der Waals surface area (Å²) in [6, 6.07) is 0. The van der Waals surface area contributed by atoms with Crippen LogP contribution in [0.25, 0.3) is 0 Å². The first-order valence-electron chi connectivity index (χ1n) is 6.64. The second-order valence-electron chi connectivity index (χ2n) is 4.23. The fourth-order valence-electron chi connectivity index (χ4n) is 1.61. The van der Waals surface area contributed by atoms with Gasteiger partial charge >= 0.3 is 11.9 Å². The fraction of sp³-hybridized carbons (Fsp3) is 0.333. The first kappa shape index (κ1) is 15.4. The Labute approximate surface area is 125 Å². The molecule has 0 aromatic carbocycles. The maximum absolute atomic E-state index is 11.5. The van der Waals surface area contributed by atoms with E-state index >= 15 is 0 Å². The third-order valence-corrected chi connectivity index (χ3v) is 2.86. The van der Waals surface area contributed by atoms with Crippen LogP contribution in [0.1, 0.15) is 25.0 Å². The Kier molecular flexibility index (Phi) is 4.96. The number of carbonyl (C=O) groups excluding carboxylic acids is 2. The van der Waals surface area contributed by atoms with Gasteiger partial charge in [0.25, 0.3) is 0 Å². The lowest BCUT2D eigenvalue weighted by molar-refractivity contribution is -0.164. The van der Waals surface area contributed by atoms with Crippen molar-refractivity contribution in [2.24, 2.45) is 0 Å². The number of nitrogens with zero attached hydrogens (tertiary/aromatic N) is 2. The largest absolute Gasteiger partial charge is 0.443 e. The van der Waals surface area contributed by atoms with Crippen molar-refractivity contribution < 1.29 is 19.3 Å². The Morgan fingerprint density at radius 1 is 0.955 bits per heavy atom. The summed E-state index contributed by atoms with van der Waals surface area (Å²) in [4.78, 5) is 32.2. The zero-order valence-electron chi connectivity index (χ0n) is 12.1. The summed E-state index contributed by atoms with van der Waals surface area (Å²) in [5.41, 5.74) is 6.27. The third kappa shape index (κ3) is 3.53. The van der Waals surface area contributed by atoms with E-state index in [4.69, 9.17) is 0 Å². The molecule has 4 N–H and O–H groups in total. The summed E-state index contributed by atoms with van der Waals surface area (Å²) in [5.74, 6) is -1.61. The van der Waals surface area contributed by atoms with Crippen molar-refractivity contribution >= 4 is 23.6 Å². The first-order chi connectivity index (χ1) is 10.7. The number of nitrogens with one attached hydrogen (secondary N) is 4. The second kappa shape index (κ2) is 7.11. The van der Waals surface area contributed by atoms with Gasteiger partial charge in [-0.2, -0.15) is 21.2 Å². The van der Waals surface area contributed by atoms with Gasteiger partial charge in [0, 0.05) is 11.1 Å². The van der Waals surface area contributed by atoms with E-state index < -0.39 is 11.9 Å². The molecule has 10 nitrogen and oxygen atoms in total. The fourth-order valence-corrected chi connectivity index (χ4v) is 1.61. The van der Waals surface area contributed by atoms with Crippen LogP contribution in [0, 0.1) is 0 Å². The Morgan fingerprint density at radius 3 is 1.73 bits per heavy atom. The third-order valence-electron chi connectivity index (χ3n) is 2.86. The number of aromatic amines is 2. The molecule has 0 spiro atoms. The van der Waals surface area contributed by atoms with Crippen molar-refractivity contribution in [3.8, 4) is 0 Å². The van der Waals surface area contributed by atoms with E-state index in [-0.39, 0.29) is 0 Å². The van der Waals surface area contributed by atoms with Gasteiger partial charge in [0.1, 0.15) is 0 Å². The quantitative estimate of drug-likeness (QED) is 0.452. The zero-order chi connectivity index (χ0) is 15.9. The molecule has 2 rings (SSSR count). The molecule has 0 amide bonds. The van der Waals surface area contributed by atoms with Gasteiger partial charge in [0.15, 0.2) is 11.6 Å². The molecular weight excluding hydrogens is 292 g/mol. The van der Waals surface area contributed by atoms with Crippen molar-refractivity contribution in [3.05, 3.63) is 23.5 Å². The first-order valence-corrected chi connectivity index (χ1v) is 6.64. The van der Waals surface area contributed by atoms with Crippen LogP contribution >= 0.6 is 0 Å². The molecule has 0 radical (unpaired) electrons. The van der Waals surface area contributed by atoms with Crippen molar-refractivity contribution in [3.63, 3.8) is 0 Å². The van der Waals surface area contributed by atoms with Gasteiger partial charge in [0.2, 0.25) is 0 Å². The van der Waals surface area contributed by atoms with E-state index in [0.717, 1.165) is 11.1 Å². The van der Waals surface area contributed by atoms with E-state index in [1.165, 1.54) is 0 Å². The van der Waals surface area contributed by atoms with Crippen LogP contribution in [-0.4, -0.2) is 32.3 Å². The van der Waals surface area contributed by atoms with Crippen LogP contribution in [-0.2, 0) is 32.1 Å². The monoisotopic (exact) mass is 308 g/mol. The Hall–Kier alpha value is -3.04. The Morgan fingerprint density at radius 2 is 1.36 bits per heavy atom. The molecule has 22 heavy (non-hydrogen) atoms. The Balaban J connectivity index is 1.81. The van der Waals surface area contributed by atoms with Crippen molar-refractivity contribution in [1.82, 2.24) is 20.4 Å². The molecule has 0 fully saturated rings. The highest BCUT2D eigenvalue weighted by molar-refractivity contribution is 6.29. The topological polar surface area (TPSA) is 134 Å². The highest BCUT2D eigenvalue weighted by Gasteiger charge is 2.20. The number of hydrogen-bond acceptors (Lipinski definition) is 8. The van der Waals surface area contributed by atoms with Gasteiger partial charge in [-0.1, -0.05) is 13.8 Å². The van der Waals surface area contributed by atoms with E-state index in [9.17, 15) is 9.59 Å². The molecule has 0 aliphatic heterocycles. The van der Waals surface area contributed by atoms with E-state index in [1.54, 1.807) is 12.4 Å². The maximum atomic E-state index is 11.5.